The zero-order valence-electron chi connectivity index (χ0n) is 9.45. The Morgan fingerprint density at radius 1 is 1.38 bits per heavy atom. The summed E-state index contributed by atoms with van der Waals surface area (Å²) in [6.45, 7) is 0. The van der Waals surface area contributed by atoms with E-state index < -0.39 is 0 Å². The Bertz CT molecular complexity index is 341. The summed E-state index contributed by atoms with van der Waals surface area (Å²) in [6.07, 6.45) is 3.94. The van der Waals surface area contributed by atoms with E-state index in [4.69, 9.17) is 7.97 Å². The Balaban J connectivity index is 2.36. The van der Waals surface area contributed by atoms with Crippen molar-refractivity contribution in [3.8, 4) is 5.75 Å². The van der Waals surface area contributed by atoms with E-state index in [0.717, 1.165) is 36.8 Å². The third-order valence-corrected chi connectivity index (χ3v) is 2.62. The lowest BCUT2D eigenvalue weighted by Gasteiger charge is -2.11. The first-order valence-corrected chi connectivity index (χ1v) is 4.73. The second kappa shape index (κ2) is 3.38. The van der Waals surface area contributed by atoms with Gasteiger partial charge in [0.25, 0.3) is 1.43 Å². The Kier molecular flexibility index (Phi) is 1.67. The Hall–Kier alpha value is -1.02. The summed E-state index contributed by atoms with van der Waals surface area (Å²) in [5, 5.41) is 9.19. The number of hydrogen-bond donors (Lipinski definition) is 2. The molecule has 2 nitrogen and oxygen atoms in total. The number of fused-ring (bicyclic) bond motifs is 1. The molecule has 0 aromatic heterocycles. The van der Waals surface area contributed by atoms with E-state index in [1.165, 1.54) is 0 Å². The lowest BCUT2D eigenvalue weighted by molar-refractivity contribution is 0.166. The van der Waals surface area contributed by atoms with Crippen molar-refractivity contribution < 1.29 is 10.2 Å². The summed E-state index contributed by atoms with van der Waals surface area (Å²) in [6, 6.07) is 5.53. The maximum atomic E-state index is 7.06. The lowest BCUT2D eigenvalue weighted by atomic mass is 10.0. The molecule has 1 unspecified atom stereocenters. The van der Waals surface area contributed by atoms with E-state index in [1.807, 2.05) is 12.1 Å². The maximum Gasteiger partial charge on any atom is 0.293 e. The molecule has 0 heterocycles. The van der Waals surface area contributed by atoms with E-state index in [-0.39, 0.29) is 6.10 Å². The molecule has 0 aliphatic heterocycles. The van der Waals surface area contributed by atoms with Crippen molar-refractivity contribution in [3.05, 3.63) is 29.3 Å². The molecule has 0 fully saturated rings. The second-order valence-corrected chi connectivity index (χ2v) is 3.60. The van der Waals surface area contributed by atoms with Gasteiger partial charge in [0.15, 0.2) is 0 Å². The third-order valence-electron chi connectivity index (χ3n) is 2.62. The van der Waals surface area contributed by atoms with E-state index in [1.54, 1.807) is 6.07 Å². The molecule has 1 aromatic rings. The van der Waals surface area contributed by atoms with E-state index >= 15 is 0 Å². The Labute approximate surface area is 80.8 Å². The van der Waals surface area contributed by atoms with Crippen molar-refractivity contribution in [1.82, 2.24) is 0 Å². The summed E-state index contributed by atoms with van der Waals surface area (Å²) in [5.74, 6) is 0.555. The quantitative estimate of drug-likeness (QED) is 0.685. The molecular formula is C11H14O2. The number of aliphatic hydroxyl groups excluding tert-OH is 1. The third kappa shape index (κ3) is 1.68. The molecule has 1 aliphatic rings. The van der Waals surface area contributed by atoms with Gasteiger partial charge in [-0.2, -0.15) is 0 Å². The zero-order chi connectivity index (χ0) is 10.7. The molecule has 1 atom stereocenters. The topological polar surface area (TPSA) is 40.5 Å². The molecule has 1 aromatic carbocycles. The largest absolute Gasteiger partial charge is 0.508 e. The lowest BCUT2D eigenvalue weighted by Crippen LogP contribution is -1.97. The van der Waals surface area contributed by atoms with Crippen LogP contribution in [-0.2, 0) is 6.42 Å². The number of aryl methyl sites for hydroxylation is 1. The van der Waals surface area contributed by atoms with Crippen LogP contribution in [0.15, 0.2) is 18.2 Å². The number of phenolic OH excluding ortho intramolecular Hbond substituents is 1. The molecule has 2 heteroatoms. The fraction of sp³-hybridized carbons (Fsp3) is 0.455. The van der Waals surface area contributed by atoms with Gasteiger partial charge in [0.05, 0.1) is 6.10 Å². The fourth-order valence-corrected chi connectivity index (χ4v) is 1.91. The Morgan fingerprint density at radius 3 is 3.23 bits per heavy atom. The highest BCUT2D eigenvalue weighted by Gasteiger charge is 2.15. The van der Waals surface area contributed by atoms with Gasteiger partial charge in [0.1, 0.15) is 5.75 Å². The van der Waals surface area contributed by atoms with Crippen LogP contribution in [0.25, 0.3) is 0 Å². The standard InChI is InChI=1S/C11H14O2/c12-9-5-6-10-8(7-9)3-1-2-4-11(10)13/h5-7,11-13H,1-4H2/i13D/hD. The van der Waals surface area contributed by atoms with Crippen LogP contribution in [0.1, 0.15) is 36.5 Å². The summed E-state index contributed by atoms with van der Waals surface area (Å²) < 4.78 is 13.9. The maximum absolute atomic E-state index is 7.06. The van der Waals surface area contributed by atoms with Crippen LogP contribution >= 0.6 is 0 Å². The molecule has 1 aliphatic carbocycles. The van der Waals surface area contributed by atoms with Crippen LogP contribution in [0.2, 0.25) is 0 Å². The van der Waals surface area contributed by atoms with Crippen LogP contribution in [-0.4, -0.2) is 13.1 Å². The molecule has 0 saturated carbocycles. The molecule has 0 spiro atoms. The molecule has 0 radical (unpaired) electrons. The minimum atomic E-state index is -0.123. The summed E-state index contributed by atoms with van der Waals surface area (Å²) in [4.78, 5) is 0. The highest BCUT2D eigenvalue weighted by Crippen LogP contribution is 2.30. The summed E-state index contributed by atoms with van der Waals surface area (Å²) in [7, 11) is 0. The summed E-state index contributed by atoms with van der Waals surface area (Å²) >= 11 is 0. The molecule has 70 valence electrons. The first-order valence-electron chi connectivity index (χ1n) is 5.54. The zero-order valence-corrected chi connectivity index (χ0v) is 7.45. The van der Waals surface area contributed by atoms with E-state index in [2.05, 4.69) is 5.11 Å². The SMILES string of the molecule is [2H]Oc1ccc2c(c1)CCCCC2O[2H]. The predicted octanol–water partition coefficient (Wildman–Crippen LogP) is 2.15. The van der Waals surface area contributed by atoms with Gasteiger partial charge in [-0.25, -0.2) is 0 Å². The fourth-order valence-electron chi connectivity index (χ4n) is 1.91. The van der Waals surface area contributed by atoms with Crippen LogP contribution < -0.4 is 0 Å². The predicted molar refractivity (Wildman–Crippen MR) is 50.6 cm³/mol. The smallest absolute Gasteiger partial charge is 0.293 e. The number of phenols is 1. The van der Waals surface area contributed by atoms with Crippen molar-refractivity contribution in [3.63, 3.8) is 0 Å². The van der Waals surface area contributed by atoms with Crippen molar-refractivity contribution in [2.45, 2.75) is 31.8 Å². The monoisotopic (exact) mass is 180 g/mol. The minimum Gasteiger partial charge on any atom is -0.508 e. The van der Waals surface area contributed by atoms with Gasteiger partial charge < -0.3 is 10.2 Å². The minimum absolute atomic E-state index is 0.123. The molecule has 2 rings (SSSR count). The van der Waals surface area contributed by atoms with Crippen molar-refractivity contribution >= 4 is 0 Å². The molecule has 2 N–H and O–H groups in total. The summed E-state index contributed by atoms with van der Waals surface area (Å²) in [5.41, 5.74) is 2.22. The van der Waals surface area contributed by atoms with Gasteiger partial charge in [-0.05, 0) is 42.5 Å². The van der Waals surface area contributed by atoms with E-state index in [0.29, 0.717) is 5.75 Å². The van der Waals surface area contributed by atoms with Gasteiger partial charge in [-0.3, -0.25) is 0 Å². The molecule has 0 bridgehead atoms. The molecule has 13 heavy (non-hydrogen) atoms. The second-order valence-electron chi connectivity index (χ2n) is 3.60. The van der Waals surface area contributed by atoms with Crippen LogP contribution in [0.5, 0.6) is 5.75 Å². The van der Waals surface area contributed by atoms with Gasteiger partial charge in [0, 0.05) is 0 Å². The number of rotatable bonds is 2. The number of aromatic hydroxyl groups is 1. The van der Waals surface area contributed by atoms with Gasteiger partial charge in [0.2, 0.25) is 1.43 Å². The van der Waals surface area contributed by atoms with Crippen molar-refractivity contribution in [1.29, 1.82) is 2.86 Å². The van der Waals surface area contributed by atoms with Crippen molar-refractivity contribution in [2.24, 2.45) is 0 Å². The van der Waals surface area contributed by atoms with Crippen molar-refractivity contribution in [2.75, 3.05) is 0 Å². The van der Waals surface area contributed by atoms with Gasteiger partial charge >= 0.3 is 0 Å². The van der Waals surface area contributed by atoms with Crippen LogP contribution in [0.4, 0.5) is 0 Å². The number of aliphatic hydroxyl groups is 1. The van der Waals surface area contributed by atoms with Crippen LogP contribution in [0, 0.1) is 0 Å². The number of benzene rings is 1. The first-order chi connectivity index (χ1) is 7.35. The highest BCUT2D eigenvalue weighted by molar-refractivity contribution is 5.36. The first kappa shape index (κ1) is 6.44. The van der Waals surface area contributed by atoms with E-state index in [9.17, 15) is 0 Å². The van der Waals surface area contributed by atoms with Crippen LogP contribution in [0.3, 0.4) is 0 Å². The molecule has 0 amide bonds. The normalized spacial score (nSPS) is 23.8. The molecule has 0 saturated heterocycles. The average molecular weight is 180 g/mol. The van der Waals surface area contributed by atoms with Gasteiger partial charge in [-0.15, -0.1) is 0 Å². The Morgan fingerprint density at radius 2 is 2.38 bits per heavy atom. The van der Waals surface area contributed by atoms with Gasteiger partial charge in [-0.1, -0.05) is 12.5 Å². The average Bonchev–Trinajstić information content (AvgIpc) is 2.49. The number of hydrogen-bond acceptors (Lipinski definition) is 2. The highest BCUT2D eigenvalue weighted by atomic mass is 16.3. The molecular weight excluding hydrogens is 164 g/mol.